The average Bonchev–Trinajstić information content (AvgIpc) is 2.62. The molecule has 0 aromatic carbocycles. The molecule has 7 nitrogen and oxygen atoms in total. The molecule has 2 aromatic heterocycles. The Morgan fingerprint density at radius 1 is 1.12 bits per heavy atom. The molecule has 25 heavy (non-hydrogen) atoms. The van der Waals surface area contributed by atoms with Crippen molar-refractivity contribution in [2.75, 3.05) is 5.32 Å². The van der Waals surface area contributed by atoms with Crippen molar-refractivity contribution in [2.24, 2.45) is 5.92 Å². The molecule has 0 bridgehead atoms. The largest absolute Gasteiger partial charge is 0.504 e. The molecule has 0 aliphatic rings. The lowest BCUT2D eigenvalue weighted by Gasteiger charge is -2.20. The Morgan fingerprint density at radius 2 is 1.88 bits per heavy atom. The van der Waals surface area contributed by atoms with E-state index in [4.69, 9.17) is 0 Å². The first kappa shape index (κ1) is 18.4. The summed E-state index contributed by atoms with van der Waals surface area (Å²) in [5.74, 6) is -0.951. The number of aryl methyl sites for hydroxylation is 1. The van der Waals surface area contributed by atoms with E-state index in [0.29, 0.717) is 12.8 Å². The zero-order valence-electron chi connectivity index (χ0n) is 14.3. The van der Waals surface area contributed by atoms with Gasteiger partial charge in [-0.3, -0.25) is 14.6 Å². The highest BCUT2D eigenvalue weighted by Gasteiger charge is 2.22. The predicted octanol–water partition coefficient (Wildman–Crippen LogP) is 1.89. The van der Waals surface area contributed by atoms with Gasteiger partial charge in [0.15, 0.2) is 11.6 Å². The number of nitrogens with zero attached hydrogens (tertiary/aromatic N) is 2. The Morgan fingerprint density at radius 3 is 2.56 bits per heavy atom. The summed E-state index contributed by atoms with van der Waals surface area (Å²) in [6, 6.07) is 8.22. The highest BCUT2D eigenvalue weighted by Crippen LogP contribution is 2.19. The molecule has 0 spiro atoms. The number of hydrogen-bond acceptors (Lipinski definition) is 5. The number of carbonyl (C=O) groups is 2. The number of aromatic hydroxyl groups is 1. The van der Waals surface area contributed by atoms with Gasteiger partial charge in [-0.25, -0.2) is 4.98 Å². The zero-order chi connectivity index (χ0) is 18.2. The molecule has 2 aromatic rings. The van der Waals surface area contributed by atoms with Crippen LogP contribution in [0.2, 0.25) is 0 Å². The average molecular weight is 342 g/mol. The monoisotopic (exact) mass is 342 g/mol. The fourth-order valence-corrected chi connectivity index (χ4v) is 2.19. The smallest absolute Gasteiger partial charge is 0.230 e. The number of nitrogens with one attached hydrogen (secondary N) is 2. The van der Waals surface area contributed by atoms with E-state index in [-0.39, 0.29) is 29.4 Å². The van der Waals surface area contributed by atoms with Crippen LogP contribution in [0.3, 0.4) is 0 Å². The molecular weight excluding hydrogens is 320 g/mol. The number of amides is 2. The highest BCUT2D eigenvalue weighted by atomic mass is 16.3. The van der Waals surface area contributed by atoms with E-state index in [0.717, 1.165) is 5.69 Å². The minimum Gasteiger partial charge on any atom is -0.504 e. The van der Waals surface area contributed by atoms with E-state index in [1.165, 1.54) is 12.3 Å². The van der Waals surface area contributed by atoms with Crippen LogP contribution >= 0.6 is 0 Å². The van der Waals surface area contributed by atoms with Crippen LogP contribution in [-0.4, -0.2) is 32.9 Å². The van der Waals surface area contributed by atoms with Crippen molar-refractivity contribution in [2.45, 2.75) is 32.7 Å². The van der Waals surface area contributed by atoms with Crippen molar-refractivity contribution in [3.8, 4) is 5.75 Å². The van der Waals surface area contributed by atoms with Crippen LogP contribution < -0.4 is 10.6 Å². The first-order valence-electron chi connectivity index (χ1n) is 8.11. The number of pyridine rings is 2. The molecule has 132 valence electrons. The molecule has 2 atom stereocenters. The fourth-order valence-electron chi connectivity index (χ4n) is 2.19. The molecule has 2 amide bonds. The third-order valence-electron chi connectivity index (χ3n) is 3.91. The second-order valence-corrected chi connectivity index (χ2v) is 5.83. The summed E-state index contributed by atoms with van der Waals surface area (Å²) in [6.45, 7) is 3.47. The third kappa shape index (κ3) is 5.56. The Kier molecular flexibility index (Phi) is 6.45. The maximum absolute atomic E-state index is 12.2. The van der Waals surface area contributed by atoms with E-state index in [1.807, 2.05) is 18.2 Å². The predicted molar refractivity (Wildman–Crippen MR) is 93.9 cm³/mol. The number of rotatable bonds is 7. The first-order valence-corrected chi connectivity index (χ1v) is 8.11. The molecule has 2 rings (SSSR count). The molecule has 0 aliphatic heterocycles. The lowest BCUT2D eigenvalue weighted by atomic mass is 10.0. The minimum absolute atomic E-state index is 0.102. The highest BCUT2D eigenvalue weighted by molar-refractivity contribution is 5.93. The summed E-state index contributed by atoms with van der Waals surface area (Å²) >= 11 is 0. The van der Waals surface area contributed by atoms with Gasteiger partial charge in [-0.2, -0.15) is 0 Å². The van der Waals surface area contributed by atoms with E-state index in [9.17, 15) is 14.7 Å². The number of hydrogen-bond donors (Lipinski definition) is 3. The van der Waals surface area contributed by atoms with Gasteiger partial charge in [0.2, 0.25) is 11.8 Å². The summed E-state index contributed by atoms with van der Waals surface area (Å²) in [5, 5.41) is 15.0. The van der Waals surface area contributed by atoms with Crippen molar-refractivity contribution >= 4 is 17.6 Å². The van der Waals surface area contributed by atoms with Gasteiger partial charge >= 0.3 is 0 Å². The second-order valence-electron chi connectivity index (χ2n) is 5.83. The van der Waals surface area contributed by atoms with Gasteiger partial charge in [0.1, 0.15) is 0 Å². The lowest BCUT2D eigenvalue weighted by Crippen LogP contribution is -2.42. The summed E-state index contributed by atoms with van der Waals surface area (Å²) < 4.78 is 0. The molecule has 0 saturated carbocycles. The van der Waals surface area contributed by atoms with E-state index >= 15 is 0 Å². The third-order valence-corrected chi connectivity index (χ3v) is 3.91. The Bertz CT molecular complexity index is 721. The molecular formula is C18H22N4O3. The van der Waals surface area contributed by atoms with Crippen LogP contribution in [0.1, 0.15) is 26.0 Å². The van der Waals surface area contributed by atoms with Crippen LogP contribution in [0, 0.1) is 5.92 Å². The number of aromatic nitrogens is 2. The van der Waals surface area contributed by atoms with E-state index in [2.05, 4.69) is 20.6 Å². The standard InChI is InChI=1S/C18H22N4O3/c1-12(18(25)22-17-15(23)7-5-11-20-17)13(2)21-16(24)9-8-14-6-3-4-10-19-14/h3-7,10-13,23H,8-9H2,1-2H3,(H,21,24)(H,20,22,25)/t12-,13-/m0/s1. The van der Waals surface area contributed by atoms with Gasteiger partial charge in [0.25, 0.3) is 0 Å². The van der Waals surface area contributed by atoms with Gasteiger partial charge in [-0.15, -0.1) is 0 Å². The van der Waals surface area contributed by atoms with Crippen LogP contribution in [0.5, 0.6) is 5.75 Å². The number of carbonyl (C=O) groups excluding carboxylic acids is 2. The normalized spacial score (nSPS) is 12.9. The van der Waals surface area contributed by atoms with Crippen molar-refractivity contribution in [1.82, 2.24) is 15.3 Å². The van der Waals surface area contributed by atoms with Crippen molar-refractivity contribution in [1.29, 1.82) is 0 Å². The number of anilines is 1. The maximum atomic E-state index is 12.2. The molecule has 0 radical (unpaired) electrons. The summed E-state index contributed by atoms with van der Waals surface area (Å²) in [7, 11) is 0. The molecule has 0 aliphatic carbocycles. The van der Waals surface area contributed by atoms with Gasteiger partial charge in [-0.05, 0) is 37.6 Å². The summed E-state index contributed by atoms with van der Waals surface area (Å²) in [5.41, 5.74) is 0.849. The molecule has 0 fully saturated rings. The van der Waals surface area contributed by atoms with Crippen molar-refractivity contribution in [3.05, 3.63) is 48.4 Å². The van der Waals surface area contributed by atoms with Gasteiger partial charge in [-0.1, -0.05) is 13.0 Å². The van der Waals surface area contributed by atoms with Crippen LogP contribution in [0.25, 0.3) is 0 Å². The summed E-state index contributed by atoms with van der Waals surface area (Å²) in [6.07, 6.45) is 4.01. The first-order chi connectivity index (χ1) is 12.0. The Balaban J connectivity index is 1.82. The van der Waals surface area contributed by atoms with E-state index < -0.39 is 5.92 Å². The van der Waals surface area contributed by atoms with Crippen molar-refractivity contribution in [3.63, 3.8) is 0 Å². The topological polar surface area (TPSA) is 104 Å². The van der Waals surface area contributed by atoms with Crippen LogP contribution in [-0.2, 0) is 16.0 Å². The molecule has 2 heterocycles. The SMILES string of the molecule is C[C@H](NC(=O)CCc1ccccn1)[C@H](C)C(=O)Nc1ncccc1O. The summed E-state index contributed by atoms with van der Waals surface area (Å²) in [4.78, 5) is 32.4. The Hall–Kier alpha value is -2.96. The van der Waals surface area contributed by atoms with Crippen LogP contribution in [0.15, 0.2) is 42.7 Å². The molecule has 0 unspecified atom stereocenters. The van der Waals surface area contributed by atoms with Gasteiger partial charge in [0.05, 0.1) is 5.92 Å². The van der Waals surface area contributed by atoms with E-state index in [1.54, 1.807) is 26.1 Å². The second kappa shape index (κ2) is 8.77. The zero-order valence-corrected chi connectivity index (χ0v) is 14.3. The Labute approximate surface area is 146 Å². The van der Waals surface area contributed by atoms with Crippen molar-refractivity contribution < 1.29 is 14.7 Å². The maximum Gasteiger partial charge on any atom is 0.230 e. The molecule has 0 saturated heterocycles. The minimum atomic E-state index is -0.486. The van der Waals surface area contributed by atoms with Gasteiger partial charge < -0.3 is 15.7 Å². The fraction of sp³-hybridized carbons (Fsp3) is 0.333. The van der Waals surface area contributed by atoms with Crippen LogP contribution in [0.4, 0.5) is 5.82 Å². The quantitative estimate of drug-likeness (QED) is 0.713. The molecule has 7 heteroatoms. The van der Waals surface area contributed by atoms with Gasteiger partial charge in [0, 0.05) is 30.6 Å². The molecule has 3 N–H and O–H groups in total. The lowest BCUT2D eigenvalue weighted by molar-refractivity contribution is -0.123.